The molecule has 1 aliphatic carbocycles. The zero-order valence-corrected chi connectivity index (χ0v) is 20.4. The normalized spacial score (nSPS) is 18.3. The van der Waals surface area contributed by atoms with E-state index in [-0.39, 0.29) is 23.0 Å². The average Bonchev–Trinajstić information content (AvgIpc) is 2.84. The minimum atomic E-state index is -1.17. The van der Waals surface area contributed by atoms with E-state index in [4.69, 9.17) is 16.7 Å². The molecular formula is C23H25ClN4O6S. The van der Waals surface area contributed by atoms with Crippen molar-refractivity contribution in [3.8, 4) is 0 Å². The fourth-order valence-corrected chi connectivity index (χ4v) is 4.37. The molecule has 3 rings (SSSR count). The number of benzene rings is 1. The molecule has 35 heavy (non-hydrogen) atoms. The number of carboxylic acid groups (broad SMARTS) is 2. The number of nitrogens with zero attached hydrogens (tertiary/aromatic N) is 2. The van der Waals surface area contributed by atoms with Gasteiger partial charge in [0.2, 0.25) is 5.91 Å². The molecule has 4 N–H and O–H groups in total. The molecule has 1 fully saturated rings. The van der Waals surface area contributed by atoms with Gasteiger partial charge in [-0.1, -0.05) is 35.5 Å². The summed E-state index contributed by atoms with van der Waals surface area (Å²) in [6.45, 7) is 0. The molecule has 0 radical (unpaired) electrons. The van der Waals surface area contributed by atoms with E-state index in [1.165, 1.54) is 18.0 Å². The molecule has 1 heterocycles. The van der Waals surface area contributed by atoms with E-state index in [2.05, 4.69) is 20.6 Å². The van der Waals surface area contributed by atoms with Crippen LogP contribution in [0.15, 0.2) is 35.6 Å². The maximum atomic E-state index is 12.6. The number of carbonyl (C=O) groups excluding carboxylic acids is 2. The van der Waals surface area contributed by atoms with Crippen LogP contribution in [-0.4, -0.2) is 56.2 Å². The summed E-state index contributed by atoms with van der Waals surface area (Å²) in [6.07, 6.45) is 4.82. The average molecular weight is 521 g/mol. The van der Waals surface area contributed by atoms with Crippen molar-refractivity contribution in [3.63, 3.8) is 0 Å². The molecular weight excluding hydrogens is 496 g/mol. The molecule has 1 saturated carbocycles. The molecule has 0 saturated heterocycles. The van der Waals surface area contributed by atoms with Gasteiger partial charge in [-0.3, -0.25) is 14.4 Å². The van der Waals surface area contributed by atoms with Crippen molar-refractivity contribution in [1.29, 1.82) is 0 Å². The van der Waals surface area contributed by atoms with Crippen molar-refractivity contribution < 1.29 is 29.4 Å². The Balaban J connectivity index is 1.59. The molecule has 1 unspecified atom stereocenters. The van der Waals surface area contributed by atoms with Crippen molar-refractivity contribution in [2.24, 2.45) is 11.8 Å². The van der Waals surface area contributed by atoms with Crippen LogP contribution in [0.1, 0.15) is 41.7 Å². The summed E-state index contributed by atoms with van der Waals surface area (Å²) in [5.41, 5.74) is 1.15. The lowest BCUT2D eigenvalue weighted by atomic mass is 9.81. The Morgan fingerprint density at radius 1 is 1.09 bits per heavy atom. The highest BCUT2D eigenvalue weighted by molar-refractivity contribution is 7.98. The van der Waals surface area contributed by atoms with E-state index in [1.54, 1.807) is 30.5 Å². The second-order valence-corrected chi connectivity index (χ2v) is 9.38. The fourth-order valence-electron chi connectivity index (χ4n) is 3.85. The van der Waals surface area contributed by atoms with E-state index in [0.717, 1.165) is 0 Å². The number of carbonyl (C=O) groups is 4. The lowest BCUT2D eigenvalue weighted by Crippen LogP contribution is -2.45. The SMILES string of the molecule is CSc1ncc(Cl)c(C(=O)Nc2ccc(CC(NC(=O)C3CCC(C(=O)O)CC3)C(=O)O)cc2)n1. The first-order chi connectivity index (χ1) is 16.7. The van der Waals surface area contributed by atoms with Gasteiger partial charge in [0, 0.05) is 18.0 Å². The molecule has 1 atom stereocenters. The number of hydrogen-bond donors (Lipinski definition) is 4. The molecule has 0 spiro atoms. The number of aliphatic carboxylic acids is 2. The van der Waals surface area contributed by atoms with Crippen LogP contribution in [-0.2, 0) is 20.8 Å². The highest BCUT2D eigenvalue weighted by Gasteiger charge is 2.31. The summed E-state index contributed by atoms with van der Waals surface area (Å²) in [5.74, 6) is -3.77. The number of aromatic nitrogens is 2. The third-order valence-corrected chi connectivity index (χ3v) is 6.67. The van der Waals surface area contributed by atoms with E-state index in [1.807, 2.05) is 0 Å². The number of amides is 2. The first-order valence-corrected chi connectivity index (χ1v) is 12.5. The lowest BCUT2D eigenvalue weighted by Gasteiger charge is -2.26. The smallest absolute Gasteiger partial charge is 0.326 e. The second kappa shape index (κ2) is 12.0. The summed E-state index contributed by atoms with van der Waals surface area (Å²) in [7, 11) is 0. The standard InChI is InChI=1S/C23H25ClN4O6S/c1-35-23-25-11-16(24)18(28-23)20(30)26-15-8-2-12(3-9-15)10-17(22(33)34)27-19(29)13-4-6-14(7-5-13)21(31)32/h2-3,8-9,11,13-14,17H,4-7,10H2,1H3,(H,26,30)(H,27,29)(H,31,32)(H,33,34). The van der Waals surface area contributed by atoms with Crippen LogP contribution in [0.3, 0.4) is 0 Å². The summed E-state index contributed by atoms with van der Waals surface area (Å²) in [5, 5.41) is 24.5. The van der Waals surface area contributed by atoms with E-state index in [9.17, 15) is 24.3 Å². The molecule has 10 nitrogen and oxygen atoms in total. The van der Waals surface area contributed by atoms with Gasteiger partial charge >= 0.3 is 11.9 Å². The minimum Gasteiger partial charge on any atom is -0.481 e. The van der Waals surface area contributed by atoms with Gasteiger partial charge in [0.25, 0.3) is 5.91 Å². The van der Waals surface area contributed by atoms with E-state index in [0.29, 0.717) is 42.1 Å². The van der Waals surface area contributed by atoms with Crippen LogP contribution >= 0.6 is 23.4 Å². The first-order valence-electron chi connectivity index (χ1n) is 10.9. The molecule has 1 aromatic heterocycles. The maximum absolute atomic E-state index is 12.6. The van der Waals surface area contributed by atoms with E-state index >= 15 is 0 Å². The molecule has 1 aliphatic rings. The Kier molecular flexibility index (Phi) is 9.05. The third kappa shape index (κ3) is 7.15. The Hall–Kier alpha value is -3.18. The number of halogens is 1. The molecule has 2 amide bonds. The van der Waals surface area contributed by atoms with Crippen LogP contribution in [0.5, 0.6) is 0 Å². The zero-order chi connectivity index (χ0) is 25.5. The van der Waals surface area contributed by atoms with Gasteiger partial charge in [0.15, 0.2) is 10.9 Å². The molecule has 1 aromatic carbocycles. The van der Waals surface area contributed by atoms with E-state index < -0.39 is 35.7 Å². The van der Waals surface area contributed by atoms with Crippen molar-refractivity contribution in [2.45, 2.75) is 43.3 Å². The number of thioether (sulfide) groups is 1. The summed E-state index contributed by atoms with van der Waals surface area (Å²) >= 11 is 7.31. The second-order valence-electron chi connectivity index (χ2n) is 8.19. The number of carboxylic acids is 2. The highest BCUT2D eigenvalue weighted by atomic mass is 35.5. The van der Waals surface area contributed by atoms with Crippen molar-refractivity contribution in [2.75, 3.05) is 11.6 Å². The Bertz CT molecular complexity index is 1110. The molecule has 12 heteroatoms. The third-order valence-electron chi connectivity index (χ3n) is 5.83. The minimum absolute atomic E-state index is 0.0427. The van der Waals surface area contributed by atoms with Gasteiger partial charge in [0.1, 0.15) is 6.04 Å². The maximum Gasteiger partial charge on any atom is 0.326 e. The lowest BCUT2D eigenvalue weighted by molar-refractivity contribution is -0.144. The molecule has 0 aliphatic heterocycles. The quantitative estimate of drug-likeness (QED) is 0.288. The van der Waals surface area contributed by atoms with Gasteiger partial charge in [-0.05, 0) is 49.6 Å². The predicted octanol–water partition coefficient (Wildman–Crippen LogP) is 3.11. The number of anilines is 1. The van der Waals surface area contributed by atoms with Gasteiger partial charge in [-0.25, -0.2) is 14.8 Å². The Morgan fingerprint density at radius 2 is 1.71 bits per heavy atom. The summed E-state index contributed by atoms with van der Waals surface area (Å²) in [6, 6.07) is 5.41. The van der Waals surface area contributed by atoms with Gasteiger partial charge in [-0.15, -0.1) is 0 Å². The molecule has 2 aromatic rings. The van der Waals surface area contributed by atoms with Crippen LogP contribution in [0.4, 0.5) is 5.69 Å². The highest BCUT2D eigenvalue weighted by Crippen LogP contribution is 2.29. The Morgan fingerprint density at radius 3 is 2.29 bits per heavy atom. The zero-order valence-electron chi connectivity index (χ0n) is 18.9. The number of nitrogens with one attached hydrogen (secondary N) is 2. The van der Waals surface area contributed by atoms with Crippen LogP contribution in [0.25, 0.3) is 0 Å². The van der Waals surface area contributed by atoms with Gasteiger partial charge in [-0.2, -0.15) is 0 Å². The van der Waals surface area contributed by atoms with Crippen LogP contribution in [0, 0.1) is 11.8 Å². The fraction of sp³-hybridized carbons (Fsp3) is 0.391. The van der Waals surface area contributed by atoms with Crippen molar-refractivity contribution >= 4 is 52.8 Å². The van der Waals surface area contributed by atoms with Crippen molar-refractivity contribution in [1.82, 2.24) is 15.3 Å². The number of rotatable bonds is 9. The number of hydrogen-bond acceptors (Lipinski definition) is 7. The molecule has 0 bridgehead atoms. The van der Waals surface area contributed by atoms with Gasteiger partial charge in [0.05, 0.1) is 17.1 Å². The Labute approximate surface area is 210 Å². The van der Waals surface area contributed by atoms with Crippen molar-refractivity contribution in [3.05, 3.63) is 46.7 Å². The van der Waals surface area contributed by atoms with Crippen LogP contribution in [0.2, 0.25) is 5.02 Å². The monoisotopic (exact) mass is 520 g/mol. The summed E-state index contributed by atoms with van der Waals surface area (Å²) in [4.78, 5) is 56.0. The van der Waals surface area contributed by atoms with Crippen LogP contribution < -0.4 is 10.6 Å². The van der Waals surface area contributed by atoms with Gasteiger partial charge < -0.3 is 20.8 Å². The first kappa shape index (κ1) is 26.4. The molecule has 186 valence electrons. The predicted molar refractivity (Wildman–Crippen MR) is 130 cm³/mol. The summed E-state index contributed by atoms with van der Waals surface area (Å²) < 4.78 is 0. The largest absolute Gasteiger partial charge is 0.481 e. The topological polar surface area (TPSA) is 159 Å².